The first kappa shape index (κ1) is 13.0. The van der Waals surface area contributed by atoms with E-state index in [1.54, 1.807) is 6.07 Å². The Morgan fingerprint density at radius 1 is 1.50 bits per heavy atom. The van der Waals surface area contributed by atoms with Crippen molar-refractivity contribution < 1.29 is 14.6 Å². The second kappa shape index (κ2) is 4.82. The van der Waals surface area contributed by atoms with E-state index in [1.165, 1.54) is 0 Å². The predicted octanol–water partition coefficient (Wildman–Crippen LogP) is 2.61. The molecule has 0 amide bonds. The molecule has 0 spiro atoms. The van der Waals surface area contributed by atoms with Gasteiger partial charge in [0, 0.05) is 11.1 Å². The summed E-state index contributed by atoms with van der Waals surface area (Å²) < 4.78 is 5.59. The molecule has 88 valence electrons. The van der Waals surface area contributed by atoms with Crippen LogP contribution >= 0.6 is 15.9 Å². The Morgan fingerprint density at radius 3 is 2.56 bits per heavy atom. The lowest BCUT2D eigenvalue weighted by molar-refractivity contribution is -0.139. The molecule has 4 nitrogen and oxygen atoms in total. The number of carboxylic acid groups (broad SMARTS) is 1. The maximum Gasteiger partial charge on any atom is 0.341 e. The third-order valence-corrected chi connectivity index (χ3v) is 2.50. The maximum atomic E-state index is 10.3. The highest BCUT2D eigenvalue weighted by Gasteiger charge is 2.17. The van der Waals surface area contributed by atoms with Crippen LogP contribution < -0.4 is 4.74 Å². The third-order valence-electron chi connectivity index (χ3n) is 1.93. The summed E-state index contributed by atoms with van der Waals surface area (Å²) in [5.74, 6) is -0.567. The number of ether oxygens (including phenoxy) is 1. The molecule has 1 heterocycles. The average Bonchev–Trinajstić information content (AvgIpc) is 2.14. The molecule has 0 aliphatic carbocycles. The van der Waals surface area contributed by atoms with E-state index in [2.05, 4.69) is 41.7 Å². The summed E-state index contributed by atoms with van der Waals surface area (Å²) in [5, 5.41) is 8.49. The van der Waals surface area contributed by atoms with E-state index in [9.17, 15) is 4.79 Å². The molecule has 16 heavy (non-hydrogen) atoms. The van der Waals surface area contributed by atoms with E-state index in [4.69, 9.17) is 9.84 Å². The van der Waals surface area contributed by atoms with Crippen molar-refractivity contribution in [3.8, 4) is 5.75 Å². The summed E-state index contributed by atoms with van der Waals surface area (Å²) in [6.07, 6.45) is 0. The Balaban J connectivity index is 2.88. The Labute approximate surface area is 103 Å². The monoisotopic (exact) mass is 287 g/mol. The highest BCUT2D eigenvalue weighted by molar-refractivity contribution is 9.10. The number of rotatable bonds is 3. The number of hydrogen-bond acceptors (Lipinski definition) is 3. The molecule has 1 aromatic rings. The first-order valence-corrected chi connectivity index (χ1v) is 5.61. The smallest absolute Gasteiger partial charge is 0.341 e. The third kappa shape index (κ3) is 3.48. The molecule has 0 aliphatic rings. The lowest BCUT2D eigenvalue weighted by Crippen LogP contribution is -2.14. The zero-order valence-corrected chi connectivity index (χ0v) is 11.0. The topological polar surface area (TPSA) is 59.4 Å². The Hall–Kier alpha value is -1.10. The Bertz CT molecular complexity index is 399. The minimum Gasteiger partial charge on any atom is -0.479 e. The van der Waals surface area contributed by atoms with Crippen LogP contribution in [0.4, 0.5) is 0 Å². The predicted molar refractivity (Wildman–Crippen MR) is 63.8 cm³/mol. The molecule has 0 fully saturated rings. The molecule has 0 saturated carbocycles. The van der Waals surface area contributed by atoms with Crippen LogP contribution in [0.2, 0.25) is 0 Å². The molecule has 0 atom stereocenters. The van der Waals surface area contributed by atoms with Crippen molar-refractivity contribution in [1.29, 1.82) is 0 Å². The number of carbonyl (C=O) groups is 1. The zero-order chi connectivity index (χ0) is 12.3. The van der Waals surface area contributed by atoms with E-state index in [-0.39, 0.29) is 12.0 Å². The second-order valence-corrected chi connectivity index (χ2v) is 5.17. The minimum absolute atomic E-state index is 0.0478. The summed E-state index contributed by atoms with van der Waals surface area (Å²) in [6.45, 7) is 5.80. The molecule has 1 N–H and O–H groups in total. The van der Waals surface area contributed by atoms with Crippen LogP contribution in [-0.4, -0.2) is 22.7 Å². The first-order chi connectivity index (χ1) is 7.30. The van der Waals surface area contributed by atoms with E-state index in [0.29, 0.717) is 10.4 Å². The lowest BCUT2D eigenvalue weighted by Gasteiger charge is -2.18. The van der Waals surface area contributed by atoms with E-state index in [1.807, 2.05) is 6.07 Å². The summed E-state index contributed by atoms with van der Waals surface area (Å²) in [6, 6.07) is 3.56. The van der Waals surface area contributed by atoms with E-state index < -0.39 is 5.97 Å². The molecular formula is C11H14BrNO3. The van der Waals surface area contributed by atoms with Crippen molar-refractivity contribution in [3.05, 3.63) is 22.4 Å². The summed E-state index contributed by atoms with van der Waals surface area (Å²) >= 11 is 3.26. The van der Waals surface area contributed by atoms with Gasteiger partial charge in [-0.15, -0.1) is 0 Å². The van der Waals surface area contributed by atoms with E-state index in [0.717, 1.165) is 5.69 Å². The van der Waals surface area contributed by atoms with Gasteiger partial charge >= 0.3 is 5.97 Å². The zero-order valence-electron chi connectivity index (χ0n) is 9.45. The van der Waals surface area contributed by atoms with Crippen molar-refractivity contribution in [2.75, 3.05) is 6.61 Å². The van der Waals surface area contributed by atoms with Gasteiger partial charge in [-0.25, -0.2) is 9.78 Å². The summed E-state index contributed by atoms with van der Waals surface area (Å²) in [7, 11) is 0. The van der Waals surface area contributed by atoms with Crippen molar-refractivity contribution >= 4 is 21.9 Å². The van der Waals surface area contributed by atoms with E-state index >= 15 is 0 Å². The molecule has 0 unspecified atom stereocenters. The van der Waals surface area contributed by atoms with Crippen LogP contribution in [0.5, 0.6) is 5.75 Å². The van der Waals surface area contributed by atoms with Gasteiger partial charge in [-0.2, -0.15) is 0 Å². The number of pyridine rings is 1. The van der Waals surface area contributed by atoms with Gasteiger partial charge in [-0.3, -0.25) is 0 Å². The SMILES string of the molecule is CC(C)(C)c1ccc(OCC(=O)O)c(Br)n1. The quantitative estimate of drug-likeness (QED) is 0.868. The van der Waals surface area contributed by atoms with Crippen molar-refractivity contribution in [1.82, 2.24) is 4.98 Å². The second-order valence-electron chi connectivity index (χ2n) is 4.42. The Kier molecular flexibility index (Phi) is 3.91. The fourth-order valence-corrected chi connectivity index (χ4v) is 1.52. The van der Waals surface area contributed by atoms with Gasteiger partial charge < -0.3 is 9.84 Å². The van der Waals surface area contributed by atoms with Gasteiger partial charge in [-0.1, -0.05) is 20.8 Å². The molecule has 0 aliphatic heterocycles. The standard InChI is InChI=1S/C11H14BrNO3/c1-11(2,3)8-5-4-7(10(12)13-8)16-6-9(14)15/h4-5H,6H2,1-3H3,(H,14,15). The van der Waals surface area contributed by atoms with Gasteiger partial charge in [0.15, 0.2) is 12.4 Å². The Morgan fingerprint density at radius 2 is 2.12 bits per heavy atom. The van der Waals surface area contributed by atoms with Gasteiger partial charge in [-0.05, 0) is 28.1 Å². The molecule has 5 heteroatoms. The summed E-state index contributed by atoms with van der Waals surface area (Å²) in [4.78, 5) is 14.7. The van der Waals surface area contributed by atoms with Crippen LogP contribution in [0.1, 0.15) is 26.5 Å². The summed E-state index contributed by atoms with van der Waals surface area (Å²) in [5.41, 5.74) is 0.871. The van der Waals surface area contributed by atoms with Crippen molar-refractivity contribution in [2.45, 2.75) is 26.2 Å². The molecule has 1 aromatic heterocycles. The molecule has 0 radical (unpaired) electrons. The van der Waals surface area contributed by atoms with Gasteiger partial charge in [0.25, 0.3) is 0 Å². The molecule has 1 rings (SSSR count). The number of halogens is 1. The van der Waals surface area contributed by atoms with Crippen LogP contribution in [0.25, 0.3) is 0 Å². The largest absolute Gasteiger partial charge is 0.479 e. The lowest BCUT2D eigenvalue weighted by atomic mass is 9.92. The number of hydrogen-bond donors (Lipinski definition) is 1. The molecule has 0 bridgehead atoms. The normalized spacial score (nSPS) is 11.2. The van der Waals surface area contributed by atoms with Crippen LogP contribution in [-0.2, 0) is 10.2 Å². The fraction of sp³-hybridized carbons (Fsp3) is 0.455. The maximum absolute atomic E-state index is 10.3. The number of carboxylic acids is 1. The van der Waals surface area contributed by atoms with Gasteiger partial charge in [0.05, 0.1) is 0 Å². The number of aromatic nitrogens is 1. The van der Waals surface area contributed by atoms with Crippen molar-refractivity contribution in [3.63, 3.8) is 0 Å². The number of aliphatic carboxylic acids is 1. The molecule has 0 saturated heterocycles. The first-order valence-electron chi connectivity index (χ1n) is 4.82. The number of nitrogens with zero attached hydrogens (tertiary/aromatic N) is 1. The van der Waals surface area contributed by atoms with Crippen LogP contribution in [0.15, 0.2) is 16.7 Å². The fourth-order valence-electron chi connectivity index (χ4n) is 1.09. The van der Waals surface area contributed by atoms with Gasteiger partial charge in [0.2, 0.25) is 0 Å². The van der Waals surface area contributed by atoms with Crippen molar-refractivity contribution in [2.24, 2.45) is 0 Å². The highest BCUT2D eigenvalue weighted by Crippen LogP contribution is 2.27. The highest BCUT2D eigenvalue weighted by atomic mass is 79.9. The van der Waals surface area contributed by atoms with Crippen LogP contribution in [0.3, 0.4) is 0 Å². The molecular weight excluding hydrogens is 274 g/mol. The molecule has 0 aromatic carbocycles. The van der Waals surface area contributed by atoms with Crippen LogP contribution in [0, 0.1) is 0 Å². The minimum atomic E-state index is -1.01. The van der Waals surface area contributed by atoms with Gasteiger partial charge in [0.1, 0.15) is 4.60 Å². The average molecular weight is 288 g/mol.